The summed E-state index contributed by atoms with van der Waals surface area (Å²) in [5.41, 5.74) is 9.37. The van der Waals surface area contributed by atoms with Crippen LogP contribution in [0.4, 0.5) is 5.95 Å². The molecule has 0 aliphatic carbocycles. The molecule has 0 unspecified atom stereocenters. The lowest BCUT2D eigenvalue weighted by Crippen LogP contribution is -1.93. The highest BCUT2D eigenvalue weighted by Gasteiger charge is 2.08. The van der Waals surface area contributed by atoms with E-state index in [1.54, 1.807) is 10.6 Å². The zero-order valence-electron chi connectivity index (χ0n) is 10.1. The van der Waals surface area contributed by atoms with Crippen LogP contribution in [0, 0.1) is 6.92 Å². The van der Waals surface area contributed by atoms with Gasteiger partial charge in [-0.2, -0.15) is 4.98 Å². The van der Waals surface area contributed by atoms with Gasteiger partial charge in [-0.25, -0.2) is 4.52 Å². The van der Waals surface area contributed by atoms with Crippen molar-refractivity contribution in [3.63, 3.8) is 0 Å². The van der Waals surface area contributed by atoms with Gasteiger partial charge in [0, 0.05) is 11.8 Å². The number of halogens is 2. The van der Waals surface area contributed by atoms with Gasteiger partial charge in [0.1, 0.15) is 0 Å². The number of fused-ring (bicyclic) bond motifs is 1. The Bertz CT molecular complexity index is 780. The zero-order valence-corrected chi connectivity index (χ0v) is 11.6. The minimum absolute atomic E-state index is 0.255. The summed E-state index contributed by atoms with van der Waals surface area (Å²) in [5.74, 6) is 0.255. The van der Waals surface area contributed by atoms with Crippen molar-refractivity contribution < 1.29 is 0 Å². The van der Waals surface area contributed by atoms with E-state index in [4.69, 9.17) is 28.9 Å². The van der Waals surface area contributed by atoms with Crippen LogP contribution in [-0.4, -0.2) is 14.6 Å². The summed E-state index contributed by atoms with van der Waals surface area (Å²) in [7, 11) is 0. The molecule has 1 aromatic carbocycles. The van der Waals surface area contributed by atoms with E-state index in [1.165, 1.54) is 0 Å². The summed E-state index contributed by atoms with van der Waals surface area (Å²) >= 11 is 12.0. The SMILES string of the molecule is Cc1cc2nc(N)nn2cc1-c1ccc(Cl)c(Cl)c1. The first-order chi connectivity index (χ1) is 9.04. The van der Waals surface area contributed by atoms with Crippen molar-refractivity contribution in [1.29, 1.82) is 0 Å². The largest absolute Gasteiger partial charge is 0.366 e. The van der Waals surface area contributed by atoms with Gasteiger partial charge in [-0.1, -0.05) is 29.3 Å². The van der Waals surface area contributed by atoms with E-state index in [2.05, 4.69) is 10.1 Å². The number of hydrogen-bond donors (Lipinski definition) is 1. The third-order valence-corrected chi connectivity index (χ3v) is 3.67. The molecular formula is C13H10Cl2N4. The van der Waals surface area contributed by atoms with Crippen LogP contribution >= 0.6 is 23.2 Å². The predicted molar refractivity (Wildman–Crippen MR) is 77.6 cm³/mol. The van der Waals surface area contributed by atoms with Gasteiger partial charge in [0.05, 0.1) is 10.0 Å². The molecule has 0 aliphatic rings. The Balaban J connectivity index is 2.23. The Morgan fingerprint density at radius 1 is 1.16 bits per heavy atom. The molecule has 0 saturated carbocycles. The standard InChI is InChI=1S/C13H10Cl2N4/c1-7-4-12-17-13(16)18-19(12)6-9(7)8-2-3-10(14)11(15)5-8/h2-6H,1H3,(H2,16,18). The van der Waals surface area contributed by atoms with Gasteiger partial charge in [-0.15, -0.1) is 5.10 Å². The first kappa shape index (κ1) is 12.3. The highest BCUT2D eigenvalue weighted by molar-refractivity contribution is 6.42. The van der Waals surface area contributed by atoms with Gasteiger partial charge in [-0.3, -0.25) is 0 Å². The minimum Gasteiger partial charge on any atom is -0.366 e. The van der Waals surface area contributed by atoms with Crippen LogP contribution in [0.2, 0.25) is 10.0 Å². The number of anilines is 1. The zero-order chi connectivity index (χ0) is 13.6. The first-order valence-corrected chi connectivity index (χ1v) is 6.38. The summed E-state index contributed by atoms with van der Waals surface area (Å²) in [5, 5.41) is 5.17. The average molecular weight is 293 g/mol. The number of rotatable bonds is 1. The number of aromatic nitrogens is 3. The van der Waals surface area contributed by atoms with Gasteiger partial charge in [0.2, 0.25) is 5.95 Å². The molecular weight excluding hydrogens is 283 g/mol. The highest BCUT2D eigenvalue weighted by atomic mass is 35.5. The molecule has 0 radical (unpaired) electrons. The number of benzene rings is 1. The third-order valence-electron chi connectivity index (χ3n) is 2.93. The molecule has 2 heterocycles. The third kappa shape index (κ3) is 2.13. The Morgan fingerprint density at radius 3 is 2.68 bits per heavy atom. The second kappa shape index (κ2) is 4.40. The molecule has 2 N–H and O–H groups in total. The molecule has 0 atom stereocenters. The van der Waals surface area contributed by atoms with Gasteiger partial charge in [0.15, 0.2) is 5.65 Å². The number of pyridine rings is 1. The Kier molecular flexibility index (Phi) is 2.84. The Labute approximate surface area is 119 Å². The molecule has 6 heteroatoms. The van der Waals surface area contributed by atoms with Gasteiger partial charge in [0.25, 0.3) is 0 Å². The summed E-state index contributed by atoms with van der Waals surface area (Å²) in [6.07, 6.45) is 1.88. The fourth-order valence-corrected chi connectivity index (χ4v) is 2.31. The monoisotopic (exact) mass is 292 g/mol. The van der Waals surface area contributed by atoms with Crippen LogP contribution < -0.4 is 5.73 Å². The number of nitrogens with zero attached hydrogens (tertiary/aromatic N) is 3. The Hall–Kier alpha value is -1.78. The molecule has 0 fully saturated rings. The van der Waals surface area contributed by atoms with E-state index in [0.29, 0.717) is 10.0 Å². The van der Waals surface area contributed by atoms with Crippen molar-refractivity contribution in [2.75, 3.05) is 5.73 Å². The summed E-state index contributed by atoms with van der Waals surface area (Å²) in [6.45, 7) is 2.00. The quantitative estimate of drug-likeness (QED) is 0.746. The topological polar surface area (TPSA) is 56.2 Å². The van der Waals surface area contributed by atoms with Crippen LogP contribution in [0.5, 0.6) is 0 Å². The molecule has 0 bridgehead atoms. The highest BCUT2D eigenvalue weighted by Crippen LogP contribution is 2.30. The molecule has 0 saturated heterocycles. The number of aryl methyl sites for hydroxylation is 1. The minimum atomic E-state index is 0.255. The van der Waals surface area contributed by atoms with Crippen LogP contribution in [0.3, 0.4) is 0 Å². The van der Waals surface area contributed by atoms with E-state index in [-0.39, 0.29) is 5.95 Å². The van der Waals surface area contributed by atoms with Crippen molar-refractivity contribution in [3.05, 3.63) is 46.1 Å². The van der Waals surface area contributed by atoms with Crippen LogP contribution in [0.15, 0.2) is 30.5 Å². The maximum absolute atomic E-state index is 6.05. The molecule has 3 aromatic rings. The maximum Gasteiger partial charge on any atom is 0.240 e. The first-order valence-electron chi connectivity index (χ1n) is 5.62. The van der Waals surface area contributed by atoms with E-state index >= 15 is 0 Å². The van der Waals surface area contributed by atoms with Crippen molar-refractivity contribution >= 4 is 34.8 Å². The van der Waals surface area contributed by atoms with Crippen molar-refractivity contribution in [2.45, 2.75) is 6.92 Å². The Morgan fingerprint density at radius 2 is 1.95 bits per heavy atom. The van der Waals surface area contributed by atoms with Crippen molar-refractivity contribution in [2.24, 2.45) is 0 Å². The molecule has 2 aromatic heterocycles. The lowest BCUT2D eigenvalue weighted by atomic mass is 10.0. The summed E-state index contributed by atoms with van der Waals surface area (Å²) in [4.78, 5) is 4.12. The molecule has 3 rings (SSSR count). The van der Waals surface area contributed by atoms with Crippen molar-refractivity contribution in [1.82, 2.24) is 14.6 Å². The second-order valence-electron chi connectivity index (χ2n) is 4.27. The lowest BCUT2D eigenvalue weighted by Gasteiger charge is -2.07. The van der Waals surface area contributed by atoms with Crippen LogP contribution in [-0.2, 0) is 0 Å². The summed E-state index contributed by atoms with van der Waals surface area (Å²) in [6, 6.07) is 7.46. The van der Waals surface area contributed by atoms with Gasteiger partial charge < -0.3 is 5.73 Å². The summed E-state index contributed by atoms with van der Waals surface area (Å²) < 4.78 is 1.65. The smallest absolute Gasteiger partial charge is 0.240 e. The number of nitrogens with two attached hydrogens (primary N) is 1. The molecule has 0 spiro atoms. The van der Waals surface area contributed by atoms with Crippen LogP contribution in [0.25, 0.3) is 16.8 Å². The maximum atomic E-state index is 6.05. The van der Waals surface area contributed by atoms with Crippen molar-refractivity contribution in [3.8, 4) is 11.1 Å². The van der Waals surface area contributed by atoms with E-state index in [9.17, 15) is 0 Å². The molecule has 96 valence electrons. The van der Waals surface area contributed by atoms with E-state index in [0.717, 1.165) is 22.3 Å². The predicted octanol–water partition coefficient (Wildman–Crippen LogP) is 3.59. The molecule has 4 nitrogen and oxygen atoms in total. The van der Waals surface area contributed by atoms with E-state index in [1.807, 2.05) is 31.3 Å². The second-order valence-corrected chi connectivity index (χ2v) is 5.09. The molecule has 0 amide bonds. The normalized spacial score (nSPS) is 11.1. The molecule has 0 aliphatic heterocycles. The van der Waals surface area contributed by atoms with Gasteiger partial charge >= 0.3 is 0 Å². The number of nitrogen functional groups attached to an aromatic ring is 1. The fourth-order valence-electron chi connectivity index (χ4n) is 2.01. The molecule has 19 heavy (non-hydrogen) atoms. The fraction of sp³-hybridized carbons (Fsp3) is 0.0769. The van der Waals surface area contributed by atoms with Crippen LogP contribution in [0.1, 0.15) is 5.56 Å². The average Bonchev–Trinajstić information content (AvgIpc) is 2.71. The van der Waals surface area contributed by atoms with Gasteiger partial charge in [-0.05, 0) is 36.2 Å². The lowest BCUT2D eigenvalue weighted by molar-refractivity contribution is 0.966. The van der Waals surface area contributed by atoms with E-state index < -0.39 is 0 Å². The number of hydrogen-bond acceptors (Lipinski definition) is 3.